The lowest BCUT2D eigenvalue weighted by atomic mass is 9.67. The molecule has 0 saturated heterocycles. The van der Waals surface area contributed by atoms with E-state index in [1.165, 1.54) is 97.6 Å². The maximum absolute atomic E-state index is 2.45. The Morgan fingerprint density at radius 3 is 1.62 bits per heavy atom. The average Bonchev–Trinajstić information content (AvgIpc) is 3.85. The minimum Gasteiger partial charge on any atom is -0.309 e. The van der Waals surface area contributed by atoms with Crippen LogP contribution in [0.5, 0.6) is 0 Å². The highest BCUT2D eigenvalue weighted by Crippen LogP contribution is 2.57. The van der Waals surface area contributed by atoms with E-state index in [1.54, 1.807) is 0 Å². The maximum Gasteiger partial charge on any atom is 0.0713 e. The molecular formula is C59H39NS. The predicted molar refractivity (Wildman–Crippen MR) is 262 cm³/mol. The van der Waals surface area contributed by atoms with E-state index in [0.717, 1.165) is 5.69 Å². The minimum absolute atomic E-state index is 0.413. The summed E-state index contributed by atoms with van der Waals surface area (Å²) in [6, 6.07) is 82.5. The molecule has 1 aliphatic rings. The topological polar surface area (TPSA) is 3.24 Å². The number of hydrogen-bond donors (Lipinski definition) is 0. The Balaban J connectivity index is 0.965. The van der Waals surface area contributed by atoms with Gasteiger partial charge in [0.05, 0.1) is 16.8 Å². The van der Waals surface area contributed by atoms with Gasteiger partial charge in [-0.25, -0.2) is 0 Å². The van der Waals surface area contributed by atoms with Crippen molar-refractivity contribution in [2.45, 2.75) is 5.41 Å². The quantitative estimate of drug-likeness (QED) is 0.145. The molecule has 1 aromatic heterocycles. The van der Waals surface area contributed by atoms with E-state index in [-0.39, 0.29) is 0 Å². The Morgan fingerprint density at radius 2 is 0.934 bits per heavy atom. The van der Waals surface area contributed by atoms with E-state index in [2.05, 4.69) is 242 Å². The summed E-state index contributed by atoms with van der Waals surface area (Å²) in [6.45, 7) is 0. The highest BCUT2D eigenvalue weighted by molar-refractivity contribution is 7.25. The summed E-state index contributed by atoms with van der Waals surface area (Å²) in [6.07, 6.45) is 4.61. The van der Waals surface area contributed by atoms with Crippen molar-refractivity contribution in [2.75, 3.05) is 4.90 Å². The van der Waals surface area contributed by atoms with Gasteiger partial charge >= 0.3 is 0 Å². The SMILES string of the molecule is C(=C\c1cccc2c1-c1ccccc1C2(c1ccccc1)c1ccccc1)/c1ccc2c(c1)sc1cc(N(c3cccc4ccccc34)c3cccc4ccccc34)ccc12. The summed E-state index contributed by atoms with van der Waals surface area (Å²) in [4.78, 5) is 2.45. The van der Waals surface area contributed by atoms with E-state index in [9.17, 15) is 0 Å². The first-order valence-corrected chi connectivity index (χ1v) is 21.8. The van der Waals surface area contributed by atoms with Gasteiger partial charge in [-0.05, 0) is 85.6 Å². The van der Waals surface area contributed by atoms with Crippen LogP contribution < -0.4 is 4.90 Å². The highest BCUT2D eigenvalue weighted by atomic mass is 32.1. The molecule has 0 unspecified atom stereocenters. The zero-order chi connectivity index (χ0) is 40.3. The third-order valence-corrected chi connectivity index (χ3v) is 13.8. The molecule has 0 saturated carbocycles. The minimum atomic E-state index is -0.413. The van der Waals surface area contributed by atoms with Crippen LogP contribution in [0.4, 0.5) is 17.1 Å². The van der Waals surface area contributed by atoms with Crippen LogP contribution in [0, 0.1) is 0 Å². The molecule has 11 aromatic rings. The Kier molecular flexibility index (Phi) is 8.33. The maximum atomic E-state index is 2.45. The molecule has 0 aliphatic heterocycles. The summed E-state index contributed by atoms with van der Waals surface area (Å²) in [5.41, 5.74) is 13.3. The van der Waals surface area contributed by atoms with Crippen molar-refractivity contribution in [2.24, 2.45) is 0 Å². The number of thiophene rings is 1. The molecular weight excluding hydrogens is 755 g/mol. The number of nitrogens with zero attached hydrogens (tertiary/aromatic N) is 1. The third kappa shape index (κ3) is 5.60. The Bertz CT molecular complexity index is 3360. The second-order valence-electron chi connectivity index (χ2n) is 16.0. The van der Waals surface area contributed by atoms with Crippen LogP contribution in [0.25, 0.3) is 65.0 Å². The lowest BCUT2D eigenvalue weighted by Crippen LogP contribution is -2.28. The second-order valence-corrected chi connectivity index (χ2v) is 17.1. The van der Waals surface area contributed by atoms with Crippen molar-refractivity contribution >= 4 is 82.3 Å². The molecule has 286 valence electrons. The van der Waals surface area contributed by atoms with Crippen LogP contribution in [0.3, 0.4) is 0 Å². The molecule has 0 spiro atoms. The van der Waals surface area contributed by atoms with Gasteiger partial charge < -0.3 is 4.90 Å². The predicted octanol–water partition coefficient (Wildman–Crippen LogP) is 16.4. The highest BCUT2D eigenvalue weighted by Gasteiger charge is 2.46. The number of benzene rings is 10. The van der Waals surface area contributed by atoms with Crippen LogP contribution in [0.2, 0.25) is 0 Å². The summed E-state index contributed by atoms with van der Waals surface area (Å²) in [7, 11) is 0. The van der Waals surface area contributed by atoms with Gasteiger partial charge in [-0.15, -0.1) is 11.3 Å². The summed E-state index contributed by atoms with van der Waals surface area (Å²) < 4.78 is 2.56. The van der Waals surface area contributed by atoms with Gasteiger partial charge in [0.25, 0.3) is 0 Å². The van der Waals surface area contributed by atoms with Gasteiger partial charge in [0.15, 0.2) is 0 Å². The number of hydrogen-bond acceptors (Lipinski definition) is 2. The Morgan fingerprint density at radius 1 is 0.393 bits per heavy atom. The monoisotopic (exact) mass is 793 g/mol. The summed E-state index contributed by atoms with van der Waals surface area (Å²) in [5.74, 6) is 0. The van der Waals surface area contributed by atoms with Crippen molar-refractivity contribution in [3.63, 3.8) is 0 Å². The fourth-order valence-corrected chi connectivity index (χ4v) is 11.3. The molecule has 0 atom stereocenters. The number of anilines is 3. The van der Waals surface area contributed by atoms with Gasteiger partial charge in [-0.1, -0.05) is 206 Å². The molecule has 0 amide bonds. The zero-order valence-corrected chi connectivity index (χ0v) is 34.2. The zero-order valence-electron chi connectivity index (χ0n) is 33.4. The molecule has 1 aliphatic carbocycles. The summed E-state index contributed by atoms with van der Waals surface area (Å²) in [5, 5.41) is 7.48. The number of fused-ring (bicyclic) bond motifs is 8. The van der Waals surface area contributed by atoms with E-state index < -0.39 is 5.41 Å². The fraction of sp³-hybridized carbons (Fsp3) is 0.0169. The Hall–Kier alpha value is -7.52. The van der Waals surface area contributed by atoms with Crippen molar-refractivity contribution in [1.82, 2.24) is 0 Å². The first kappa shape index (κ1) is 35.4. The smallest absolute Gasteiger partial charge is 0.0713 e. The van der Waals surface area contributed by atoms with Crippen molar-refractivity contribution in [1.29, 1.82) is 0 Å². The van der Waals surface area contributed by atoms with Crippen LogP contribution in [-0.2, 0) is 5.41 Å². The van der Waals surface area contributed by atoms with E-state index >= 15 is 0 Å². The van der Waals surface area contributed by atoms with E-state index in [4.69, 9.17) is 0 Å². The first-order valence-electron chi connectivity index (χ1n) is 21.0. The van der Waals surface area contributed by atoms with Crippen molar-refractivity contribution < 1.29 is 0 Å². The van der Waals surface area contributed by atoms with Gasteiger partial charge in [0.2, 0.25) is 0 Å². The van der Waals surface area contributed by atoms with Crippen molar-refractivity contribution in [3.8, 4) is 11.1 Å². The lowest BCUT2D eigenvalue weighted by Gasteiger charge is -2.33. The van der Waals surface area contributed by atoms with Gasteiger partial charge in [0, 0.05) is 36.6 Å². The molecule has 2 heteroatoms. The molecule has 1 heterocycles. The van der Waals surface area contributed by atoms with Crippen LogP contribution in [-0.4, -0.2) is 0 Å². The van der Waals surface area contributed by atoms with Crippen LogP contribution in [0.15, 0.2) is 224 Å². The van der Waals surface area contributed by atoms with E-state index in [0.29, 0.717) is 0 Å². The molecule has 12 rings (SSSR count). The third-order valence-electron chi connectivity index (χ3n) is 12.7. The number of rotatable bonds is 7. The average molecular weight is 794 g/mol. The first-order chi connectivity index (χ1) is 30.3. The molecule has 0 bridgehead atoms. The van der Waals surface area contributed by atoms with Crippen LogP contribution >= 0.6 is 11.3 Å². The molecule has 0 fully saturated rings. The molecule has 0 N–H and O–H groups in total. The fourth-order valence-electron chi connectivity index (χ4n) is 10.1. The van der Waals surface area contributed by atoms with Crippen molar-refractivity contribution in [3.05, 3.63) is 258 Å². The van der Waals surface area contributed by atoms with Gasteiger partial charge in [-0.2, -0.15) is 0 Å². The molecule has 10 aromatic carbocycles. The van der Waals surface area contributed by atoms with Crippen LogP contribution in [0.1, 0.15) is 33.4 Å². The standard InChI is InChI=1S/C59H39NS/c1-3-21-44(22-4-1)59(45-23-5-2-6-24-45)52-28-12-11-27-51(52)58-43(20-13-29-53(58)59)34-32-40-33-36-49-50-37-35-46(39-57(50)61-56(49)38-40)60(54-30-14-18-41-16-7-9-25-47(41)54)55-31-15-19-42-17-8-10-26-48(42)55/h1-39H/b34-32+. The summed E-state index contributed by atoms with van der Waals surface area (Å²) >= 11 is 1.87. The Labute approximate surface area is 359 Å². The molecule has 0 radical (unpaired) electrons. The molecule has 61 heavy (non-hydrogen) atoms. The lowest BCUT2D eigenvalue weighted by molar-refractivity contribution is 0.768. The second kappa shape index (κ2) is 14.3. The molecule has 1 nitrogen and oxygen atoms in total. The largest absolute Gasteiger partial charge is 0.309 e. The van der Waals surface area contributed by atoms with Gasteiger partial charge in [-0.3, -0.25) is 0 Å². The normalized spacial score (nSPS) is 13.0. The van der Waals surface area contributed by atoms with Gasteiger partial charge in [0.1, 0.15) is 0 Å². The van der Waals surface area contributed by atoms with E-state index in [1.807, 2.05) is 11.3 Å².